The molecule has 0 atom stereocenters. The van der Waals surface area contributed by atoms with Gasteiger partial charge in [-0.2, -0.15) is 0 Å². The summed E-state index contributed by atoms with van der Waals surface area (Å²) in [5.41, 5.74) is 1.93. The van der Waals surface area contributed by atoms with Crippen molar-refractivity contribution in [3.05, 3.63) is 35.4 Å². The Bertz CT molecular complexity index is 305. The second-order valence-corrected chi connectivity index (χ2v) is 3.36. The van der Waals surface area contributed by atoms with Crippen LogP contribution < -0.4 is 5.32 Å². The van der Waals surface area contributed by atoms with Crippen molar-refractivity contribution >= 4 is 5.91 Å². The van der Waals surface area contributed by atoms with Crippen molar-refractivity contribution in [2.75, 3.05) is 7.05 Å². The van der Waals surface area contributed by atoms with Gasteiger partial charge in [0.25, 0.3) is 5.91 Å². The summed E-state index contributed by atoms with van der Waals surface area (Å²) in [4.78, 5) is 11.3. The maximum atomic E-state index is 11.3. The summed E-state index contributed by atoms with van der Waals surface area (Å²) in [6.07, 6.45) is 0. The van der Waals surface area contributed by atoms with Crippen molar-refractivity contribution in [3.8, 4) is 0 Å². The molecule has 1 amide bonds. The average molecular weight is 207 g/mol. The van der Waals surface area contributed by atoms with Crippen LogP contribution in [0.4, 0.5) is 0 Å². The molecule has 0 aliphatic rings. The summed E-state index contributed by atoms with van der Waals surface area (Å²) in [6, 6.07) is 7.71. The molecule has 0 saturated heterocycles. The van der Waals surface area contributed by atoms with Gasteiger partial charge >= 0.3 is 0 Å². The SMILES string of the molecule is CC.CNC(=O)c1cccc(C(C)C)c1. The molecule has 0 aromatic heterocycles. The molecule has 84 valence electrons. The lowest BCUT2D eigenvalue weighted by atomic mass is 10.0. The molecule has 15 heavy (non-hydrogen) atoms. The molecular weight excluding hydrogens is 186 g/mol. The predicted molar refractivity (Wildman–Crippen MR) is 65.3 cm³/mol. The molecule has 2 nitrogen and oxygen atoms in total. The molecule has 1 aromatic carbocycles. The molecule has 1 N–H and O–H groups in total. The van der Waals surface area contributed by atoms with Crippen LogP contribution in [0.5, 0.6) is 0 Å². The minimum Gasteiger partial charge on any atom is -0.355 e. The first-order valence-electron chi connectivity index (χ1n) is 5.47. The summed E-state index contributed by atoms with van der Waals surface area (Å²) < 4.78 is 0. The zero-order valence-corrected chi connectivity index (χ0v) is 10.3. The standard InChI is InChI=1S/C11H15NO.C2H6/c1-8(2)9-5-4-6-10(7-9)11(13)12-3;1-2/h4-8H,1-3H3,(H,12,13);1-2H3. The molecule has 0 unspecified atom stereocenters. The van der Waals surface area contributed by atoms with Crippen LogP contribution in [0.3, 0.4) is 0 Å². The second-order valence-electron chi connectivity index (χ2n) is 3.36. The first kappa shape index (κ1) is 13.7. The van der Waals surface area contributed by atoms with Gasteiger partial charge in [-0.05, 0) is 23.6 Å². The van der Waals surface area contributed by atoms with E-state index in [9.17, 15) is 4.79 Å². The highest BCUT2D eigenvalue weighted by atomic mass is 16.1. The van der Waals surface area contributed by atoms with Crippen molar-refractivity contribution < 1.29 is 4.79 Å². The van der Waals surface area contributed by atoms with Gasteiger partial charge in [-0.15, -0.1) is 0 Å². The maximum Gasteiger partial charge on any atom is 0.251 e. The van der Waals surface area contributed by atoms with Gasteiger partial charge in [-0.1, -0.05) is 39.8 Å². The predicted octanol–water partition coefficient (Wildman–Crippen LogP) is 3.20. The largest absolute Gasteiger partial charge is 0.355 e. The Balaban J connectivity index is 0.000000921. The van der Waals surface area contributed by atoms with Crippen molar-refractivity contribution in [2.24, 2.45) is 0 Å². The van der Waals surface area contributed by atoms with Crippen molar-refractivity contribution in [1.82, 2.24) is 5.32 Å². The van der Waals surface area contributed by atoms with Crippen LogP contribution in [-0.4, -0.2) is 13.0 Å². The van der Waals surface area contributed by atoms with Crippen LogP contribution in [0.1, 0.15) is 49.5 Å². The van der Waals surface area contributed by atoms with Crippen LogP contribution in [0.15, 0.2) is 24.3 Å². The van der Waals surface area contributed by atoms with E-state index in [0.29, 0.717) is 5.92 Å². The number of benzene rings is 1. The fourth-order valence-corrected chi connectivity index (χ4v) is 1.18. The van der Waals surface area contributed by atoms with Gasteiger partial charge < -0.3 is 5.32 Å². The van der Waals surface area contributed by atoms with E-state index >= 15 is 0 Å². The van der Waals surface area contributed by atoms with Gasteiger partial charge in [-0.25, -0.2) is 0 Å². The van der Waals surface area contributed by atoms with Crippen LogP contribution in [-0.2, 0) is 0 Å². The summed E-state index contributed by atoms with van der Waals surface area (Å²) in [6.45, 7) is 8.23. The molecule has 0 aliphatic heterocycles. The summed E-state index contributed by atoms with van der Waals surface area (Å²) in [7, 11) is 1.64. The summed E-state index contributed by atoms with van der Waals surface area (Å²) in [5.74, 6) is 0.437. The normalized spacial score (nSPS) is 9.20. The molecule has 1 rings (SSSR count). The van der Waals surface area contributed by atoms with Crippen LogP contribution in [0.25, 0.3) is 0 Å². The van der Waals surface area contributed by atoms with Gasteiger partial charge in [0.1, 0.15) is 0 Å². The maximum absolute atomic E-state index is 11.3. The molecular formula is C13H21NO. The number of hydrogen-bond acceptors (Lipinski definition) is 1. The third-order valence-electron chi connectivity index (χ3n) is 2.04. The van der Waals surface area contributed by atoms with E-state index in [1.165, 1.54) is 5.56 Å². The lowest BCUT2D eigenvalue weighted by molar-refractivity contribution is 0.0963. The molecule has 0 aliphatic carbocycles. The Hall–Kier alpha value is -1.31. The number of amides is 1. The lowest BCUT2D eigenvalue weighted by Gasteiger charge is -2.06. The monoisotopic (exact) mass is 207 g/mol. The minimum atomic E-state index is -0.0255. The molecule has 0 fully saturated rings. The third kappa shape index (κ3) is 4.15. The highest BCUT2D eigenvalue weighted by Gasteiger charge is 2.04. The fourth-order valence-electron chi connectivity index (χ4n) is 1.18. The van der Waals surface area contributed by atoms with Gasteiger partial charge in [0.05, 0.1) is 0 Å². The van der Waals surface area contributed by atoms with Crippen LogP contribution >= 0.6 is 0 Å². The molecule has 0 bridgehead atoms. The van der Waals surface area contributed by atoms with E-state index in [1.54, 1.807) is 7.05 Å². The van der Waals surface area contributed by atoms with Crippen molar-refractivity contribution in [1.29, 1.82) is 0 Å². The zero-order chi connectivity index (χ0) is 11.8. The highest BCUT2D eigenvalue weighted by Crippen LogP contribution is 2.15. The van der Waals surface area contributed by atoms with E-state index in [2.05, 4.69) is 19.2 Å². The third-order valence-corrected chi connectivity index (χ3v) is 2.04. The van der Waals surface area contributed by atoms with Crippen LogP contribution in [0, 0.1) is 0 Å². The van der Waals surface area contributed by atoms with E-state index in [0.717, 1.165) is 5.56 Å². The number of rotatable bonds is 2. The van der Waals surface area contributed by atoms with E-state index in [-0.39, 0.29) is 5.91 Å². The lowest BCUT2D eigenvalue weighted by Crippen LogP contribution is -2.17. The highest BCUT2D eigenvalue weighted by molar-refractivity contribution is 5.94. The second kappa shape index (κ2) is 7.04. The smallest absolute Gasteiger partial charge is 0.251 e. The average Bonchev–Trinajstić information content (AvgIpc) is 2.30. The van der Waals surface area contributed by atoms with Crippen LogP contribution in [0.2, 0.25) is 0 Å². The minimum absolute atomic E-state index is 0.0255. The molecule has 0 radical (unpaired) electrons. The van der Waals surface area contributed by atoms with E-state index in [1.807, 2.05) is 38.1 Å². The number of hydrogen-bond donors (Lipinski definition) is 1. The molecule has 1 aromatic rings. The Labute approximate surface area is 92.7 Å². The molecule has 0 saturated carbocycles. The number of carbonyl (C=O) groups excluding carboxylic acids is 1. The molecule has 0 spiro atoms. The Morgan fingerprint density at radius 2 is 1.87 bits per heavy atom. The molecule has 0 heterocycles. The first-order chi connectivity index (χ1) is 7.15. The Kier molecular flexibility index (Phi) is 6.43. The van der Waals surface area contributed by atoms with Gasteiger partial charge in [0, 0.05) is 12.6 Å². The van der Waals surface area contributed by atoms with Gasteiger partial charge in [0.15, 0.2) is 0 Å². The fraction of sp³-hybridized carbons (Fsp3) is 0.462. The number of carbonyl (C=O) groups is 1. The Morgan fingerprint density at radius 1 is 1.27 bits per heavy atom. The van der Waals surface area contributed by atoms with Gasteiger partial charge in [-0.3, -0.25) is 4.79 Å². The van der Waals surface area contributed by atoms with Gasteiger partial charge in [0.2, 0.25) is 0 Å². The van der Waals surface area contributed by atoms with Crippen molar-refractivity contribution in [2.45, 2.75) is 33.6 Å². The zero-order valence-electron chi connectivity index (χ0n) is 10.3. The Morgan fingerprint density at radius 3 is 2.33 bits per heavy atom. The topological polar surface area (TPSA) is 29.1 Å². The van der Waals surface area contributed by atoms with E-state index in [4.69, 9.17) is 0 Å². The number of nitrogens with one attached hydrogen (secondary N) is 1. The first-order valence-corrected chi connectivity index (χ1v) is 5.47. The summed E-state index contributed by atoms with van der Waals surface area (Å²) in [5, 5.41) is 2.61. The van der Waals surface area contributed by atoms with Crippen molar-refractivity contribution in [3.63, 3.8) is 0 Å². The summed E-state index contributed by atoms with van der Waals surface area (Å²) >= 11 is 0. The van der Waals surface area contributed by atoms with E-state index < -0.39 is 0 Å². The molecule has 2 heteroatoms. The quantitative estimate of drug-likeness (QED) is 0.792.